The molecule has 1 N–H and O–H groups in total. The zero-order valence-corrected chi connectivity index (χ0v) is 10.7. The lowest BCUT2D eigenvalue weighted by atomic mass is 9.98. The second-order valence-corrected chi connectivity index (χ2v) is 5.03. The Kier molecular flexibility index (Phi) is 3.55. The first-order valence-corrected chi connectivity index (χ1v) is 6.22. The Bertz CT molecular complexity index is 500. The van der Waals surface area contributed by atoms with Gasteiger partial charge in [-0.1, -0.05) is 12.1 Å². The van der Waals surface area contributed by atoms with E-state index in [0.717, 1.165) is 0 Å². The zero-order valence-electron chi connectivity index (χ0n) is 10.7. The van der Waals surface area contributed by atoms with E-state index in [0.29, 0.717) is 24.9 Å². The zero-order chi connectivity index (χ0) is 14.0. The summed E-state index contributed by atoms with van der Waals surface area (Å²) in [6.45, 7) is 2.04. The molecule has 1 fully saturated rings. The van der Waals surface area contributed by atoms with E-state index < -0.39 is 11.5 Å². The van der Waals surface area contributed by atoms with Crippen molar-refractivity contribution in [3.8, 4) is 0 Å². The molecule has 1 unspecified atom stereocenters. The highest BCUT2D eigenvalue weighted by molar-refractivity contribution is 5.88. The van der Waals surface area contributed by atoms with E-state index in [9.17, 15) is 19.1 Å². The van der Waals surface area contributed by atoms with E-state index in [1.54, 1.807) is 19.1 Å². The minimum atomic E-state index is -1.11. The molecule has 4 nitrogen and oxygen atoms in total. The molecule has 0 bridgehead atoms. The highest BCUT2D eigenvalue weighted by Gasteiger charge is 2.45. The topological polar surface area (TPSA) is 57.6 Å². The lowest BCUT2D eigenvalue weighted by Crippen LogP contribution is -2.51. The molecular weight excluding hydrogens is 249 g/mol. The summed E-state index contributed by atoms with van der Waals surface area (Å²) in [6, 6.07) is 5.68. The molecule has 0 radical (unpaired) electrons. The van der Waals surface area contributed by atoms with Crippen molar-refractivity contribution in [3.05, 3.63) is 35.6 Å². The van der Waals surface area contributed by atoms with Gasteiger partial charge in [0.1, 0.15) is 11.4 Å². The van der Waals surface area contributed by atoms with Crippen LogP contribution in [-0.4, -0.2) is 34.0 Å². The summed E-state index contributed by atoms with van der Waals surface area (Å²) < 4.78 is 12.8. The molecular formula is C14H16FNO3. The van der Waals surface area contributed by atoms with Crippen molar-refractivity contribution in [2.75, 3.05) is 6.54 Å². The maximum Gasteiger partial charge on any atom is 0.329 e. The number of hydrogen-bond acceptors (Lipinski definition) is 2. The molecule has 1 amide bonds. The molecule has 1 aromatic rings. The Morgan fingerprint density at radius 3 is 2.58 bits per heavy atom. The number of rotatable bonds is 3. The Balaban J connectivity index is 2.11. The summed E-state index contributed by atoms with van der Waals surface area (Å²) in [4.78, 5) is 24.9. The number of carboxylic acid groups (broad SMARTS) is 1. The van der Waals surface area contributed by atoms with Gasteiger partial charge in [0.2, 0.25) is 5.91 Å². The fourth-order valence-corrected chi connectivity index (χ4v) is 2.46. The van der Waals surface area contributed by atoms with E-state index in [2.05, 4.69) is 0 Å². The predicted molar refractivity (Wildman–Crippen MR) is 67.1 cm³/mol. The summed E-state index contributed by atoms with van der Waals surface area (Å²) >= 11 is 0. The maximum absolute atomic E-state index is 12.8. The third kappa shape index (κ3) is 2.59. The standard InChI is InChI=1S/C14H16FNO3/c1-14(13(18)19)7-2-8-16(14)12(17)9-10-3-5-11(15)6-4-10/h3-6H,2,7-9H2,1H3,(H,18,19). The number of carbonyl (C=O) groups is 2. The van der Waals surface area contributed by atoms with Crippen LogP contribution in [0.4, 0.5) is 4.39 Å². The normalized spacial score (nSPS) is 22.5. The molecule has 1 aliphatic heterocycles. The smallest absolute Gasteiger partial charge is 0.329 e. The van der Waals surface area contributed by atoms with Crippen molar-refractivity contribution < 1.29 is 19.1 Å². The van der Waals surface area contributed by atoms with E-state index in [1.807, 2.05) is 0 Å². The van der Waals surface area contributed by atoms with Gasteiger partial charge in [-0.25, -0.2) is 9.18 Å². The van der Waals surface area contributed by atoms with Gasteiger partial charge in [-0.05, 0) is 37.5 Å². The van der Waals surface area contributed by atoms with Crippen LogP contribution in [0.5, 0.6) is 0 Å². The lowest BCUT2D eigenvalue weighted by molar-refractivity contribution is -0.155. The van der Waals surface area contributed by atoms with Crippen molar-refractivity contribution in [1.29, 1.82) is 0 Å². The van der Waals surface area contributed by atoms with E-state index in [4.69, 9.17) is 0 Å². The van der Waals surface area contributed by atoms with Crippen molar-refractivity contribution in [3.63, 3.8) is 0 Å². The molecule has 1 atom stereocenters. The Morgan fingerprint density at radius 2 is 2.00 bits per heavy atom. The Morgan fingerprint density at radius 1 is 1.37 bits per heavy atom. The van der Waals surface area contributed by atoms with Crippen molar-refractivity contribution in [2.24, 2.45) is 0 Å². The van der Waals surface area contributed by atoms with Crippen molar-refractivity contribution in [1.82, 2.24) is 4.90 Å². The van der Waals surface area contributed by atoms with Gasteiger partial charge in [-0.2, -0.15) is 0 Å². The summed E-state index contributed by atoms with van der Waals surface area (Å²) in [5, 5.41) is 9.25. The molecule has 1 heterocycles. The van der Waals surface area contributed by atoms with Gasteiger partial charge in [0.25, 0.3) is 0 Å². The summed E-state index contributed by atoms with van der Waals surface area (Å²) in [5.41, 5.74) is -0.428. The molecule has 0 aromatic heterocycles. The van der Waals surface area contributed by atoms with Crippen LogP contribution >= 0.6 is 0 Å². The Labute approximate surface area is 110 Å². The average molecular weight is 265 g/mol. The molecule has 1 saturated heterocycles. The van der Waals surface area contributed by atoms with Crippen molar-refractivity contribution >= 4 is 11.9 Å². The Hall–Kier alpha value is -1.91. The predicted octanol–water partition coefficient (Wildman–Crippen LogP) is 1.83. The maximum atomic E-state index is 12.8. The largest absolute Gasteiger partial charge is 0.480 e. The van der Waals surface area contributed by atoms with Gasteiger partial charge in [0.15, 0.2) is 0 Å². The molecule has 19 heavy (non-hydrogen) atoms. The van der Waals surface area contributed by atoms with Crippen LogP contribution in [0, 0.1) is 5.82 Å². The second kappa shape index (κ2) is 4.99. The van der Waals surface area contributed by atoms with Crippen molar-refractivity contribution in [2.45, 2.75) is 31.7 Å². The monoisotopic (exact) mass is 265 g/mol. The van der Waals surface area contributed by atoms with Gasteiger partial charge in [0, 0.05) is 6.54 Å². The quantitative estimate of drug-likeness (QED) is 0.907. The van der Waals surface area contributed by atoms with Crippen LogP contribution in [0.3, 0.4) is 0 Å². The minimum Gasteiger partial charge on any atom is -0.480 e. The van der Waals surface area contributed by atoms with Crippen LogP contribution in [0.2, 0.25) is 0 Å². The first kappa shape index (κ1) is 13.5. The first-order chi connectivity index (χ1) is 8.93. The van der Waals surface area contributed by atoms with Crippen LogP contribution < -0.4 is 0 Å². The number of aliphatic carboxylic acids is 1. The highest BCUT2D eigenvalue weighted by Crippen LogP contribution is 2.29. The van der Waals surface area contributed by atoms with E-state index >= 15 is 0 Å². The van der Waals surface area contributed by atoms with Gasteiger partial charge in [-0.15, -0.1) is 0 Å². The number of carbonyl (C=O) groups excluding carboxylic acids is 1. The number of likely N-dealkylation sites (tertiary alicyclic amines) is 1. The second-order valence-electron chi connectivity index (χ2n) is 5.03. The number of halogens is 1. The van der Waals surface area contributed by atoms with Crippen LogP contribution in [-0.2, 0) is 16.0 Å². The molecule has 2 rings (SSSR count). The third-order valence-corrected chi connectivity index (χ3v) is 3.67. The summed E-state index contributed by atoms with van der Waals surface area (Å²) in [6.07, 6.45) is 1.26. The van der Waals surface area contributed by atoms with Crippen LogP contribution in [0.1, 0.15) is 25.3 Å². The molecule has 0 spiro atoms. The molecule has 1 aromatic carbocycles. The summed E-state index contributed by atoms with van der Waals surface area (Å²) in [5.74, 6) is -1.56. The van der Waals surface area contributed by atoms with Crippen LogP contribution in [0.15, 0.2) is 24.3 Å². The highest BCUT2D eigenvalue weighted by atomic mass is 19.1. The summed E-state index contributed by atoms with van der Waals surface area (Å²) in [7, 11) is 0. The third-order valence-electron chi connectivity index (χ3n) is 3.67. The molecule has 102 valence electrons. The number of nitrogens with zero attached hydrogens (tertiary/aromatic N) is 1. The number of hydrogen-bond donors (Lipinski definition) is 1. The lowest BCUT2D eigenvalue weighted by Gasteiger charge is -2.31. The van der Waals surface area contributed by atoms with E-state index in [-0.39, 0.29) is 18.1 Å². The first-order valence-electron chi connectivity index (χ1n) is 6.22. The number of carboxylic acids is 1. The molecule has 5 heteroatoms. The number of amides is 1. The van der Waals surface area contributed by atoms with Crippen LogP contribution in [0.25, 0.3) is 0 Å². The fourth-order valence-electron chi connectivity index (χ4n) is 2.46. The molecule has 0 saturated carbocycles. The average Bonchev–Trinajstić information content (AvgIpc) is 2.76. The molecule has 1 aliphatic rings. The van der Waals surface area contributed by atoms with E-state index in [1.165, 1.54) is 17.0 Å². The number of benzene rings is 1. The SMILES string of the molecule is CC1(C(=O)O)CCCN1C(=O)Cc1ccc(F)cc1. The van der Waals surface area contributed by atoms with Gasteiger partial charge in [0.05, 0.1) is 6.42 Å². The minimum absolute atomic E-state index is 0.100. The van der Waals surface area contributed by atoms with Gasteiger partial charge in [-0.3, -0.25) is 4.79 Å². The fraction of sp³-hybridized carbons (Fsp3) is 0.429. The van der Waals surface area contributed by atoms with Gasteiger partial charge >= 0.3 is 5.97 Å². The van der Waals surface area contributed by atoms with Gasteiger partial charge < -0.3 is 10.0 Å². The molecule has 0 aliphatic carbocycles.